The molecular formula is C13H14ClNS2. The molecule has 0 aromatic carbocycles. The summed E-state index contributed by atoms with van der Waals surface area (Å²) in [5.74, 6) is 0. The van der Waals surface area contributed by atoms with Gasteiger partial charge in [-0.2, -0.15) is 0 Å². The van der Waals surface area contributed by atoms with Crippen LogP contribution in [-0.2, 0) is 0 Å². The first-order valence-corrected chi connectivity index (χ1v) is 7.45. The predicted octanol–water partition coefficient (Wildman–Crippen LogP) is 4.72. The lowest BCUT2D eigenvalue weighted by Crippen LogP contribution is -2.28. The maximum atomic E-state index is 6.01. The summed E-state index contributed by atoms with van der Waals surface area (Å²) in [7, 11) is 0. The maximum Gasteiger partial charge on any atom is 0.0931 e. The molecule has 1 nitrogen and oxygen atoms in total. The first kappa shape index (κ1) is 12.8. The van der Waals surface area contributed by atoms with Crippen LogP contribution < -0.4 is 5.32 Å². The molecule has 0 saturated carbocycles. The smallest absolute Gasteiger partial charge is 0.0931 e. The largest absolute Gasteiger partial charge is 0.299 e. The number of thiophene rings is 2. The minimum Gasteiger partial charge on any atom is -0.299 e. The minimum absolute atomic E-state index is 0.209. The van der Waals surface area contributed by atoms with Gasteiger partial charge in [-0.3, -0.25) is 5.32 Å². The summed E-state index contributed by atoms with van der Waals surface area (Å²) in [6, 6.07) is 8.72. The van der Waals surface area contributed by atoms with Crippen LogP contribution in [0.1, 0.15) is 22.7 Å². The van der Waals surface area contributed by atoms with Crippen molar-refractivity contribution >= 4 is 34.3 Å². The van der Waals surface area contributed by atoms with Crippen molar-refractivity contribution in [1.82, 2.24) is 5.32 Å². The van der Waals surface area contributed by atoms with E-state index in [1.54, 1.807) is 22.7 Å². The van der Waals surface area contributed by atoms with Gasteiger partial charge in [-0.25, -0.2) is 0 Å². The molecule has 0 bridgehead atoms. The first-order valence-electron chi connectivity index (χ1n) is 5.38. The van der Waals surface area contributed by atoms with Crippen LogP contribution in [0.3, 0.4) is 0 Å². The number of nitrogens with one attached hydrogen (secondary N) is 1. The molecule has 0 spiro atoms. The molecule has 0 radical (unpaired) electrons. The fourth-order valence-corrected chi connectivity index (χ4v) is 3.59. The summed E-state index contributed by atoms with van der Waals surface area (Å²) < 4.78 is 0.828. The highest BCUT2D eigenvalue weighted by atomic mass is 35.5. The van der Waals surface area contributed by atoms with Gasteiger partial charge in [0.1, 0.15) is 0 Å². The fourth-order valence-electron chi connectivity index (χ4n) is 1.57. The van der Waals surface area contributed by atoms with Crippen molar-refractivity contribution in [2.45, 2.75) is 19.0 Å². The van der Waals surface area contributed by atoms with E-state index in [2.05, 4.69) is 42.4 Å². The third kappa shape index (κ3) is 3.19. The van der Waals surface area contributed by atoms with Crippen LogP contribution in [-0.4, -0.2) is 6.04 Å². The van der Waals surface area contributed by atoms with Crippen LogP contribution in [0.2, 0.25) is 4.34 Å². The lowest BCUT2D eigenvalue weighted by Gasteiger charge is -2.19. The second kappa shape index (κ2) is 5.83. The summed E-state index contributed by atoms with van der Waals surface area (Å²) in [5, 5.41) is 5.64. The van der Waals surface area contributed by atoms with Crippen LogP contribution in [0.5, 0.6) is 0 Å². The van der Waals surface area contributed by atoms with Gasteiger partial charge >= 0.3 is 0 Å². The van der Waals surface area contributed by atoms with Crippen molar-refractivity contribution in [3.8, 4) is 0 Å². The number of rotatable bonds is 5. The van der Waals surface area contributed by atoms with E-state index in [1.807, 2.05) is 12.1 Å². The summed E-state index contributed by atoms with van der Waals surface area (Å²) >= 11 is 9.39. The van der Waals surface area contributed by atoms with Crippen molar-refractivity contribution in [3.63, 3.8) is 0 Å². The summed E-state index contributed by atoms with van der Waals surface area (Å²) in [4.78, 5) is 2.54. The van der Waals surface area contributed by atoms with E-state index in [0.717, 1.165) is 4.34 Å². The molecule has 4 heteroatoms. The van der Waals surface area contributed by atoms with Crippen molar-refractivity contribution in [3.05, 3.63) is 56.4 Å². The van der Waals surface area contributed by atoms with E-state index in [1.165, 1.54) is 9.75 Å². The van der Waals surface area contributed by atoms with Gasteiger partial charge in [-0.05, 0) is 30.5 Å². The Kier molecular flexibility index (Phi) is 4.40. The lowest BCUT2D eigenvalue weighted by molar-refractivity contribution is 0.576. The predicted molar refractivity (Wildman–Crippen MR) is 78.3 cm³/mol. The van der Waals surface area contributed by atoms with Gasteiger partial charge in [0.2, 0.25) is 0 Å². The van der Waals surface area contributed by atoms with Crippen LogP contribution in [0, 0.1) is 0 Å². The number of hydrogen-bond donors (Lipinski definition) is 1. The highest BCUT2D eigenvalue weighted by molar-refractivity contribution is 7.16. The highest BCUT2D eigenvalue weighted by Gasteiger charge is 2.18. The average Bonchev–Trinajstić information content (AvgIpc) is 2.96. The molecule has 0 aliphatic heterocycles. The van der Waals surface area contributed by atoms with Crippen LogP contribution in [0.25, 0.3) is 0 Å². The Balaban J connectivity index is 2.27. The summed E-state index contributed by atoms with van der Waals surface area (Å²) in [5.41, 5.74) is 0. The second-order valence-corrected chi connectivity index (χ2v) is 6.51. The zero-order valence-corrected chi connectivity index (χ0v) is 11.9. The molecule has 2 heterocycles. The molecule has 2 aromatic heterocycles. The van der Waals surface area contributed by atoms with Gasteiger partial charge in [-0.15, -0.1) is 29.3 Å². The van der Waals surface area contributed by atoms with Crippen LogP contribution in [0.4, 0.5) is 0 Å². The Hall–Kier alpha value is -0.610. The topological polar surface area (TPSA) is 12.0 Å². The van der Waals surface area contributed by atoms with E-state index in [0.29, 0.717) is 0 Å². The molecule has 2 atom stereocenters. The van der Waals surface area contributed by atoms with Gasteiger partial charge in [0, 0.05) is 15.8 Å². The van der Waals surface area contributed by atoms with E-state index in [9.17, 15) is 0 Å². The number of halogens is 1. The normalized spacial score (nSPS) is 14.5. The molecular weight excluding hydrogens is 270 g/mol. The Morgan fingerprint density at radius 2 is 2.18 bits per heavy atom. The molecule has 17 heavy (non-hydrogen) atoms. The molecule has 0 saturated heterocycles. The molecule has 0 fully saturated rings. The van der Waals surface area contributed by atoms with Crippen molar-refractivity contribution in [1.29, 1.82) is 0 Å². The van der Waals surface area contributed by atoms with Gasteiger partial charge < -0.3 is 0 Å². The SMILES string of the molecule is C=CC(C)NC(c1cccs1)c1ccc(Cl)s1. The van der Waals surface area contributed by atoms with E-state index < -0.39 is 0 Å². The average molecular weight is 284 g/mol. The zero-order chi connectivity index (χ0) is 12.3. The monoisotopic (exact) mass is 283 g/mol. The Labute approximate surface area is 115 Å². The fraction of sp³-hybridized carbons (Fsp3) is 0.231. The quantitative estimate of drug-likeness (QED) is 0.783. The molecule has 90 valence electrons. The van der Waals surface area contributed by atoms with Crippen molar-refractivity contribution in [2.24, 2.45) is 0 Å². The summed E-state index contributed by atoms with van der Waals surface area (Å²) in [6.07, 6.45) is 1.91. The van der Waals surface area contributed by atoms with Crippen molar-refractivity contribution < 1.29 is 0 Å². The maximum absolute atomic E-state index is 6.01. The molecule has 0 amide bonds. The van der Waals surface area contributed by atoms with Crippen LogP contribution in [0.15, 0.2) is 42.3 Å². The number of hydrogen-bond acceptors (Lipinski definition) is 3. The molecule has 2 aromatic rings. The molecule has 1 N–H and O–H groups in total. The third-order valence-corrected chi connectivity index (χ3v) is 4.72. The Morgan fingerprint density at radius 3 is 2.71 bits per heavy atom. The first-order chi connectivity index (χ1) is 8.20. The molecule has 2 rings (SSSR count). The Bertz CT molecular complexity index is 475. The van der Waals surface area contributed by atoms with Crippen molar-refractivity contribution in [2.75, 3.05) is 0 Å². The van der Waals surface area contributed by atoms with Gasteiger partial charge in [0.05, 0.1) is 10.4 Å². The second-order valence-electron chi connectivity index (χ2n) is 3.78. The van der Waals surface area contributed by atoms with E-state index in [-0.39, 0.29) is 12.1 Å². The summed E-state index contributed by atoms with van der Waals surface area (Å²) in [6.45, 7) is 5.91. The standard InChI is InChI=1S/C13H14ClNS2/c1-3-9(2)15-13(10-5-4-8-16-10)11-6-7-12(14)17-11/h3-9,13,15H,1H2,2H3. The van der Waals surface area contributed by atoms with Gasteiger partial charge in [0.25, 0.3) is 0 Å². The highest BCUT2D eigenvalue weighted by Crippen LogP contribution is 2.33. The minimum atomic E-state index is 0.209. The van der Waals surface area contributed by atoms with E-state index in [4.69, 9.17) is 11.6 Å². The van der Waals surface area contributed by atoms with Crippen LogP contribution >= 0.6 is 34.3 Å². The van der Waals surface area contributed by atoms with Gasteiger partial charge in [0.15, 0.2) is 0 Å². The zero-order valence-electron chi connectivity index (χ0n) is 9.52. The van der Waals surface area contributed by atoms with Gasteiger partial charge in [-0.1, -0.05) is 23.7 Å². The molecule has 2 unspecified atom stereocenters. The van der Waals surface area contributed by atoms with E-state index >= 15 is 0 Å². The molecule has 0 aliphatic carbocycles. The lowest BCUT2D eigenvalue weighted by atomic mass is 10.1. The Morgan fingerprint density at radius 1 is 1.35 bits per heavy atom. The third-order valence-electron chi connectivity index (χ3n) is 2.49. The molecule has 0 aliphatic rings.